The number of rotatable bonds is 3. The number of hydrogen-bond acceptors (Lipinski definition) is 3. The Balaban J connectivity index is 1.68. The Hall–Kier alpha value is -2.88. The number of ether oxygens (including phenoxy) is 1. The van der Waals surface area contributed by atoms with Gasteiger partial charge in [0.15, 0.2) is 5.78 Å². The van der Waals surface area contributed by atoms with Crippen molar-refractivity contribution < 1.29 is 14.3 Å². The number of allylic oxidation sites excluding steroid dienone is 2. The smallest absolute Gasteiger partial charge is 0.236 e. The van der Waals surface area contributed by atoms with Gasteiger partial charge in [0.1, 0.15) is 5.75 Å². The second-order valence-corrected chi connectivity index (χ2v) is 7.84. The van der Waals surface area contributed by atoms with Gasteiger partial charge in [-0.2, -0.15) is 0 Å². The van der Waals surface area contributed by atoms with Crippen LogP contribution in [-0.4, -0.2) is 18.8 Å². The van der Waals surface area contributed by atoms with E-state index in [0.717, 1.165) is 23.2 Å². The van der Waals surface area contributed by atoms with Crippen molar-refractivity contribution in [3.63, 3.8) is 0 Å². The molecule has 3 aliphatic rings. The number of ketones is 1. The first-order valence-corrected chi connectivity index (χ1v) is 9.35. The molecule has 1 heterocycles. The van der Waals surface area contributed by atoms with Crippen molar-refractivity contribution in [2.75, 3.05) is 12.4 Å². The molecule has 2 aromatic carbocycles. The third kappa shape index (κ3) is 2.04. The Kier molecular flexibility index (Phi) is 3.36. The first-order chi connectivity index (χ1) is 13.1. The molecule has 4 heteroatoms. The molecule has 5 rings (SSSR count). The standard InChI is InChI=1S/C23H21NO3/c1-13-6-9-19-18(10-13)23(22(26)24-19)16-8-7-14(11-16)20(23)21(25)15-4-3-5-17(12-15)27-2/h3-10,12,14,16,20H,11H2,1-2H3,(H,24,26). The highest BCUT2D eigenvalue weighted by Crippen LogP contribution is 2.62. The van der Waals surface area contributed by atoms with Gasteiger partial charge in [0.05, 0.1) is 12.5 Å². The van der Waals surface area contributed by atoms with E-state index in [4.69, 9.17) is 4.74 Å². The van der Waals surface area contributed by atoms with Crippen molar-refractivity contribution in [2.45, 2.75) is 18.8 Å². The maximum absolute atomic E-state index is 13.6. The number of fused-ring (bicyclic) bond motifs is 5. The highest BCUT2D eigenvalue weighted by molar-refractivity contribution is 6.13. The minimum atomic E-state index is -0.805. The molecule has 136 valence electrons. The molecule has 4 nitrogen and oxygen atoms in total. The monoisotopic (exact) mass is 359 g/mol. The van der Waals surface area contributed by atoms with E-state index in [9.17, 15) is 9.59 Å². The summed E-state index contributed by atoms with van der Waals surface area (Å²) in [5.74, 6) is 0.399. The van der Waals surface area contributed by atoms with Crippen LogP contribution in [0.1, 0.15) is 27.9 Å². The highest BCUT2D eigenvalue weighted by atomic mass is 16.5. The Bertz CT molecular complexity index is 1010. The Morgan fingerprint density at radius 2 is 2.04 bits per heavy atom. The molecule has 1 amide bonds. The van der Waals surface area contributed by atoms with Crippen LogP contribution >= 0.6 is 0 Å². The third-order valence-corrected chi connectivity index (χ3v) is 6.50. The average molecular weight is 359 g/mol. The number of methoxy groups -OCH3 is 1. The van der Waals surface area contributed by atoms with Crippen LogP contribution in [0.4, 0.5) is 5.69 Å². The van der Waals surface area contributed by atoms with Gasteiger partial charge in [0, 0.05) is 17.2 Å². The van der Waals surface area contributed by atoms with Crippen molar-refractivity contribution in [3.8, 4) is 5.75 Å². The van der Waals surface area contributed by atoms with Crippen LogP contribution in [0.5, 0.6) is 5.75 Å². The summed E-state index contributed by atoms with van der Waals surface area (Å²) in [5.41, 5.74) is 2.72. The number of carbonyl (C=O) groups is 2. The summed E-state index contributed by atoms with van der Waals surface area (Å²) in [6.45, 7) is 2.03. The lowest BCUT2D eigenvalue weighted by atomic mass is 9.62. The Labute approximate surface area is 158 Å². The molecule has 1 N–H and O–H groups in total. The van der Waals surface area contributed by atoms with E-state index in [1.165, 1.54) is 0 Å². The molecule has 1 saturated carbocycles. The van der Waals surface area contributed by atoms with Gasteiger partial charge in [-0.3, -0.25) is 9.59 Å². The molecule has 1 fully saturated rings. The molecule has 4 unspecified atom stereocenters. The summed E-state index contributed by atoms with van der Waals surface area (Å²) >= 11 is 0. The fraction of sp³-hybridized carbons (Fsp3) is 0.304. The van der Waals surface area contributed by atoms with Crippen LogP contribution in [0.15, 0.2) is 54.6 Å². The molecule has 27 heavy (non-hydrogen) atoms. The zero-order valence-electron chi connectivity index (χ0n) is 15.4. The van der Waals surface area contributed by atoms with Crippen molar-refractivity contribution in [1.82, 2.24) is 0 Å². The number of amides is 1. The Morgan fingerprint density at radius 1 is 1.19 bits per heavy atom. The maximum atomic E-state index is 13.6. The minimum Gasteiger partial charge on any atom is -0.497 e. The number of benzene rings is 2. The largest absolute Gasteiger partial charge is 0.497 e. The molecule has 0 radical (unpaired) electrons. The number of nitrogens with one attached hydrogen (secondary N) is 1. The number of hydrogen-bond donors (Lipinski definition) is 1. The molecule has 2 aliphatic carbocycles. The molecule has 1 aliphatic heterocycles. The molecule has 0 aromatic heterocycles. The fourth-order valence-electron chi connectivity index (χ4n) is 5.37. The Morgan fingerprint density at radius 3 is 2.85 bits per heavy atom. The summed E-state index contributed by atoms with van der Waals surface area (Å²) < 4.78 is 5.29. The van der Waals surface area contributed by atoms with Crippen LogP contribution in [0, 0.1) is 24.7 Å². The van der Waals surface area contributed by atoms with Gasteiger partial charge >= 0.3 is 0 Å². The lowest BCUT2D eigenvalue weighted by molar-refractivity contribution is -0.122. The molecule has 2 aromatic rings. The zero-order valence-corrected chi connectivity index (χ0v) is 15.4. The van der Waals surface area contributed by atoms with E-state index in [1.807, 2.05) is 37.3 Å². The van der Waals surface area contributed by atoms with E-state index >= 15 is 0 Å². The highest BCUT2D eigenvalue weighted by Gasteiger charge is 2.66. The molecule has 0 saturated heterocycles. The average Bonchev–Trinajstić information content (AvgIpc) is 3.35. The van der Waals surface area contributed by atoms with Gasteiger partial charge < -0.3 is 10.1 Å². The topological polar surface area (TPSA) is 55.4 Å². The summed E-state index contributed by atoms with van der Waals surface area (Å²) in [6.07, 6.45) is 5.11. The molecular formula is C23H21NO3. The number of Topliss-reactive ketones (excluding diaryl/α,β-unsaturated/α-hetero) is 1. The summed E-state index contributed by atoms with van der Waals surface area (Å²) in [6, 6.07) is 13.3. The van der Waals surface area contributed by atoms with Crippen LogP contribution < -0.4 is 10.1 Å². The second-order valence-electron chi connectivity index (χ2n) is 7.84. The third-order valence-electron chi connectivity index (χ3n) is 6.50. The van der Waals surface area contributed by atoms with E-state index in [0.29, 0.717) is 11.3 Å². The van der Waals surface area contributed by atoms with Crippen molar-refractivity contribution in [1.29, 1.82) is 0 Å². The van der Waals surface area contributed by atoms with Crippen molar-refractivity contribution in [3.05, 3.63) is 71.3 Å². The van der Waals surface area contributed by atoms with Gasteiger partial charge in [0.25, 0.3) is 0 Å². The van der Waals surface area contributed by atoms with E-state index in [-0.39, 0.29) is 29.4 Å². The predicted octanol–water partition coefficient (Wildman–Crippen LogP) is 3.90. The first kappa shape index (κ1) is 16.3. The molecular weight excluding hydrogens is 338 g/mol. The van der Waals surface area contributed by atoms with Crippen molar-refractivity contribution in [2.24, 2.45) is 17.8 Å². The van der Waals surface area contributed by atoms with E-state index < -0.39 is 5.41 Å². The first-order valence-electron chi connectivity index (χ1n) is 9.35. The lowest BCUT2D eigenvalue weighted by Crippen LogP contribution is -2.48. The zero-order chi connectivity index (χ0) is 18.8. The van der Waals surface area contributed by atoms with Gasteiger partial charge in [-0.25, -0.2) is 0 Å². The predicted molar refractivity (Wildman–Crippen MR) is 103 cm³/mol. The quantitative estimate of drug-likeness (QED) is 0.668. The number of aryl methyl sites for hydroxylation is 1. The van der Waals surface area contributed by atoms with E-state index in [1.54, 1.807) is 13.2 Å². The van der Waals surface area contributed by atoms with Gasteiger partial charge in [-0.1, -0.05) is 42.0 Å². The van der Waals surface area contributed by atoms with Crippen LogP contribution in [0.3, 0.4) is 0 Å². The van der Waals surface area contributed by atoms with Gasteiger partial charge in [0.2, 0.25) is 5.91 Å². The van der Waals surface area contributed by atoms with Crippen LogP contribution in [0.25, 0.3) is 0 Å². The summed E-state index contributed by atoms with van der Waals surface area (Å²) in [5, 5.41) is 3.05. The number of anilines is 1. The van der Waals surface area contributed by atoms with Crippen LogP contribution in [-0.2, 0) is 10.2 Å². The molecule has 1 spiro atoms. The van der Waals surface area contributed by atoms with Crippen LogP contribution in [0.2, 0.25) is 0 Å². The summed E-state index contributed by atoms with van der Waals surface area (Å²) in [7, 11) is 1.59. The fourth-order valence-corrected chi connectivity index (χ4v) is 5.37. The number of carbonyl (C=O) groups excluding carboxylic acids is 2. The van der Waals surface area contributed by atoms with Gasteiger partial charge in [-0.05, 0) is 48.9 Å². The lowest BCUT2D eigenvalue weighted by Gasteiger charge is -2.36. The SMILES string of the molecule is COc1cccc(C(=O)C2C3C=CC(C3)C23C(=O)Nc2ccc(C)cc23)c1. The molecule has 4 atom stereocenters. The maximum Gasteiger partial charge on any atom is 0.236 e. The normalized spacial score (nSPS) is 29.9. The second kappa shape index (κ2) is 5.56. The van der Waals surface area contributed by atoms with E-state index in [2.05, 4.69) is 23.5 Å². The molecule has 2 bridgehead atoms. The van der Waals surface area contributed by atoms with Gasteiger partial charge in [-0.15, -0.1) is 0 Å². The summed E-state index contributed by atoms with van der Waals surface area (Å²) in [4.78, 5) is 26.9. The van der Waals surface area contributed by atoms with Crippen molar-refractivity contribution >= 4 is 17.4 Å². The minimum absolute atomic E-state index is 0.0234.